The van der Waals surface area contributed by atoms with Crippen molar-refractivity contribution in [2.45, 2.75) is 19.4 Å². The molecule has 0 aliphatic carbocycles. The standard InChI is InChI=1S/C10H14N2O4/c1-2-7(5-13)11-10(16)6-3-8(14)12-9(15)4-6/h3-4,7,13H,2,5H2,1H3,(H,11,16)(H2,12,14,15)/t7-/m0/s1. The summed E-state index contributed by atoms with van der Waals surface area (Å²) in [5, 5.41) is 20.5. The van der Waals surface area contributed by atoms with E-state index in [1.54, 1.807) is 0 Å². The average molecular weight is 226 g/mol. The van der Waals surface area contributed by atoms with Crippen molar-refractivity contribution in [2.75, 3.05) is 6.61 Å². The molecule has 0 aromatic carbocycles. The molecule has 1 aromatic heterocycles. The molecule has 88 valence electrons. The quantitative estimate of drug-likeness (QED) is 0.560. The molecule has 1 amide bonds. The van der Waals surface area contributed by atoms with Gasteiger partial charge in [0.25, 0.3) is 11.5 Å². The Balaban J connectivity index is 2.84. The monoisotopic (exact) mass is 226 g/mol. The van der Waals surface area contributed by atoms with Crippen molar-refractivity contribution in [3.63, 3.8) is 0 Å². The van der Waals surface area contributed by atoms with Gasteiger partial charge in [0.05, 0.1) is 18.2 Å². The summed E-state index contributed by atoms with van der Waals surface area (Å²) in [7, 11) is 0. The van der Waals surface area contributed by atoms with Crippen LogP contribution >= 0.6 is 0 Å². The first kappa shape index (κ1) is 12.3. The van der Waals surface area contributed by atoms with Crippen molar-refractivity contribution < 1.29 is 15.0 Å². The molecular formula is C10H14N2O4. The molecule has 6 heteroatoms. The van der Waals surface area contributed by atoms with Crippen LogP contribution in [0.15, 0.2) is 16.9 Å². The van der Waals surface area contributed by atoms with E-state index in [1.807, 2.05) is 6.92 Å². The molecule has 6 nitrogen and oxygen atoms in total. The fourth-order valence-corrected chi connectivity index (χ4v) is 1.21. The molecule has 1 rings (SSSR count). The Bertz CT molecular complexity index is 423. The second-order valence-electron chi connectivity index (χ2n) is 3.38. The van der Waals surface area contributed by atoms with Crippen LogP contribution < -0.4 is 10.9 Å². The Kier molecular flexibility index (Phi) is 4.07. The number of amides is 1. The number of hydrogen-bond acceptors (Lipinski definition) is 4. The number of rotatable bonds is 4. The minimum absolute atomic E-state index is 0.0631. The van der Waals surface area contributed by atoms with Crippen LogP contribution in [0, 0.1) is 0 Å². The lowest BCUT2D eigenvalue weighted by atomic mass is 10.2. The van der Waals surface area contributed by atoms with Crippen molar-refractivity contribution >= 4 is 5.91 Å². The predicted octanol–water partition coefficient (Wildman–Crippen LogP) is -0.419. The molecule has 0 spiro atoms. The van der Waals surface area contributed by atoms with Gasteiger partial charge in [0.1, 0.15) is 0 Å². The van der Waals surface area contributed by atoms with Crippen LogP contribution in [-0.4, -0.2) is 33.8 Å². The molecule has 0 aliphatic rings. The zero-order valence-electron chi connectivity index (χ0n) is 8.86. The topological polar surface area (TPSA) is 102 Å². The van der Waals surface area contributed by atoms with Gasteiger partial charge in [0.15, 0.2) is 5.88 Å². The number of aromatic amines is 1. The third kappa shape index (κ3) is 3.09. The predicted molar refractivity (Wildman–Crippen MR) is 57.4 cm³/mol. The van der Waals surface area contributed by atoms with Crippen LogP contribution in [0.25, 0.3) is 0 Å². The second kappa shape index (κ2) is 5.32. The molecular weight excluding hydrogens is 212 g/mol. The zero-order chi connectivity index (χ0) is 12.1. The summed E-state index contributed by atoms with van der Waals surface area (Å²) in [5.74, 6) is -0.864. The molecule has 0 bridgehead atoms. The van der Waals surface area contributed by atoms with Crippen molar-refractivity contribution in [1.82, 2.24) is 10.3 Å². The van der Waals surface area contributed by atoms with Gasteiger partial charge in [-0.2, -0.15) is 0 Å². The number of aliphatic hydroxyl groups excluding tert-OH is 1. The van der Waals surface area contributed by atoms with Gasteiger partial charge < -0.3 is 15.5 Å². The maximum Gasteiger partial charge on any atom is 0.251 e. The molecule has 0 saturated heterocycles. The number of aromatic nitrogens is 1. The van der Waals surface area contributed by atoms with Crippen molar-refractivity contribution in [1.29, 1.82) is 0 Å². The summed E-state index contributed by atoms with van der Waals surface area (Å²) in [6, 6.07) is 1.88. The lowest BCUT2D eigenvalue weighted by molar-refractivity contribution is 0.0914. The lowest BCUT2D eigenvalue weighted by Crippen LogP contribution is -2.37. The molecule has 1 atom stereocenters. The van der Waals surface area contributed by atoms with E-state index < -0.39 is 11.5 Å². The molecule has 0 aliphatic heterocycles. The van der Waals surface area contributed by atoms with Crippen LogP contribution in [0.5, 0.6) is 5.88 Å². The minimum atomic E-state index is -0.554. The fourth-order valence-electron chi connectivity index (χ4n) is 1.21. The molecule has 0 fully saturated rings. The van der Waals surface area contributed by atoms with Crippen LogP contribution in [0.4, 0.5) is 0 Å². The number of pyridine rings is 1. The van der Waals surface area contributed by atoms with Gasteiger partial charge in [-0.15, -0.1) is 0 Å². The van der Waals surface area contributed by atoms with Crippen molar-refractivity contribution in [3.8, 4) is 5.88 Å². The number of aliphatic hydroxyl groups is 1. The molecule has 1 heterocycles. The van der Waals surface area contributed by atoms with Crippen LogP contribution in [0.3, 0.4) is 0 Å². The summed E-state index contributed by atoms with van der Waals surface area (Å²) < 4.78 is 0. The maximum atomic E-state index is 11.6. The second-order valence-corrected chi connectivity index (χ2v) is 3.38. The van der Waals surface area contributed by atoms with Crippen LogP contribution in [-0.2, 0) is 0 Å². The summed E-state index contributed by atoms with van der Waals surface area (Å²) >= 11 is 0. The lowest BCUT2D eigenvalue weighted by Gasteiger charge is -2.13. The van der Waals surface area contributed by atoms with Crippen LogP contribution in [0.1, 0.15) is 23.7 Å². The first-order valence-corrected chi connectivity index (χ1v) is 4.92. The molecule has 0 saturated carbocycles. The van der Waals surface area contributed by atoms with E-state index in [0.717, 1.165) is 12.1 Å². The van der Waals surface area contributed by atoms with Gasteiger partial charge in [0, 0.05) is 12.1 Å². The molecule has 4 N–H and O–H groups in total. The van der Waals surface area contributed by atoms with E-state index in [2.05, 4.69) is 10.3 Å². The van der Waals surface area contributed by atoms with Gasteiger partial charge in [0.2, 0.25) is 0 Å². The van der Waals surface area contributed by atoms with Gasteiger partial charge in [-0.3, -0.25) is 14.6 Å². The Morgan fingerprint density at radius 3 is 2.75 bits per heavy atom. The average Bonchev–Trinajstić information content (AvgIpc) is 2.24. The highest BCUT2D eigenvalue weighted by atomic mass is 16.3. The summed E-state index contributed by atoms with van der Waals surface area (Å²) in [5.41, 5.74) is -0.490. The Hall–Kier alpha value is -1.82. The number of aromatic hydroxyl groups is 1. The highest BCUT2D eigenvalue weighted by Gasteiger charge is 2.12. The Morgan fingerprint density at radius 2 is 2.25 bits per heavy atom. The van der Waals surface area contributed by atoms with E-state index in [9.17, 15) is 9.59 Å². The molecule has 0 radical (unpaired) electrons. The third-order valence-corrected chi connectivity index (χ3v) is 2.14. The Labute approximate surface area is 91.9 Å². The fraction of sp³-hybridized carbons (Fsp3) is 0.400. The number of hydrogen-bond donors (Lipinski definition) is 4. The molecule has 16 heavy (non-hydrogen) atoms. The summed E-state index contributed by atoms with van der Waals surface area (Å²) in [4.78, 5) is 24.7. The number of carbonyl (C=O) groups excluding carboxylic acids is 1. The van der Waals surface area contributed by atoms with E-state index in [4.69, 9.17) is 10.2 Å². The number of nitrogens with one attached hydrogen (secondary N) is 2. The first-order valence-electron chi connectivity index (χ1n) is 4.92. The zero-order valence-corrected chi connectivity index (χ0v) is 8.86. The summed E-state index contributed by atoms with van der Waals surface area (Å²) in [6.07, 6.45) is 0.581. The van der Waals surface area contributed by atoms with E-state index in [0.29, 0.717) is 6.42 Å². The SMILES string of the molecule is CC[C@@H](CO)NC(=O)c1cc(O)[nH]c(=O)c1. The van der Waals surface area contributed by atoms with Gasteiger partial charge in [-0.25, -0.2) is 0 Å². The highest BCUT2D eigenvalue weighted by molar-refractivity contribution is 5.94. The summed E-state index contributed by atoms with van der Waals surface area (Å²) in [6.45, 7) is 1.65. The smallest absolute Gasteiger partial charge is 0.251 e. The van der Waals surface area contributed by atoms with Gasteiger partial charge in [-0.05, 0) is 6.42 Å². The largest absolute Gasteiger partial charge is 0.494 e. The number of carbonyl (C=O) groups is 1. The third-order valence-electron chi connectivity index (χ3n) is 2.14. The van der Waals surface area contributed by atoms with E-state index in [1.165, 1.54) is 0 Å². The van der Waals surface area contributed by atoms with E-state index >= 15 is 0 Å². The first-order chi connectivity index (χ1) is 7.56. The van der Waals surface area contributed by atoms with Gasteiger partial charge in [-0.1, -0.05) is 6.92 Å². The highest BCUT2D eigenvalue weighted by Crippen LogP contribution is 2.04. The normalized spacial score (nSPS) is 12.1. The minimum Gasteiger partial charge on any atom is -0.494 e. The Morgan fingerprint density at radius 1 is 1.56 bits per heavy atom. The molecule has 1 aromatic rings. The van der Waals surface area contributed by atoms with E-state index in [-0.39, 0.29) is 24.1 Å². The van der Waals surface area contributed by atoms with Gasteiger partial charge >= 0.3 is 0 Å². The van der Waals surface area contributed by atoms with Crippen molar-refractivity contribution in [2.24, 2.45) is 0 Å². The van der Waals surface area contributed by atoms with Crippen LogP contribution in [0.2, 0.25) is 0 Å². The van der Waals surface area contributed by atoms with Crippen molar-refractivity contribution in [3.05, 3.63) is 28.0 Å². The molecule has 0 unspecified atom stereocenters. The maximum absolute atomic E-state index is 11.6. The number of H-pyrrole nitrogens is 1.